The molecule has 2 aromatic rings. The molecule has 1 unspecified atom stereocenters. The van der Waals surface area contributed by atoms with E-state index in [-0.39, 0.29) is 18.3 Å². The van der Waals surface area contributed by atoms with Crippen molar-refractivity contribution in [1.82, 2.24) is 19.5 Å². The summed E-state index contributed by atoms with van der Waals surface area (Å²) in [6, 6.07) is 0. The summed E-state index contributed by atoms with van der Waals surface area (Å²) in [5, 5.41) is 13.6. The fraction of sp³-hybridized carbons (Fsp3) is 0.667. The lowest BCUT2D eigenvalue weighted by Gasteiger charge is -2.16. The summed E-state index contributed by atoms with van der Waals surface area (Å²) in [7, 11) is -4.27. The highest BCUT2D eigenvalue weighted by Crippen LogP contribution is 2.36. The second-order valence-corrected chi connectivity index (χ2v) is 9.01. The van der Waals surface area contributed by atoms with Crippen LogP contribution in [0.4, 0.5) is 5.82 Å². The number of hydrogen-bond donors (Lipinski definition) is 4. The molecule has 4 rings (SSSR count). The first-order valence-electron chi connectivity index (χ1n) is 8.90. The first-order valence-corrected chi connectivity index (χ1v) is 11.1. The van der Waals surface area contributed by atoms with Crippen LogP contribution in [0, 0.1) is 5.92 Å². The van der Waals surface area contributed by atoms with Gasteiger partial charge < -0.3 is 29.7 Å². The van der Waals surface area contributed by atoms with Crippen LogP contribution in [0.15, 0.2) is 6.33 Å². The van der Waals surface area contributed by atoms with Crippen LogP contribution in [0.25, 0.3) is 11.2 Å². The highest BCUT2D eigenvalue weighted by molar-refractivity contribution is 7.51. The summed E-state index contributed by atoms with van der Waals surface area (Å²) in [4.78, 5) is 30.5. The van der Waals surface area contributed by atoms with Gasteiger partial charge in [0.1, 0.15) is 18.7 Å². The van der Waals surface area contributed by atoms with Crippen LogP contribution in [0.2, 0.25) is 5.28 Å². The average Bonchev–Trinajstić information content (AvgIpc) is 3.24. The number of fused-ring (bicyclic) bond motifs is 1. The molecule has 1 saturated carbocycles. The van der Waals surface area contributed by atoms with E-state index in [0.717, 1.165) is 6.54 Å². The van der Waals surface area contributed by atoms with Crippen molar-refractivity contribution in [2.24, 2.45) is 5.92 Å². The maximum Gasteiger partial charge on any atom is 0.350 e. The lowest BCUT2D eigenvalue weighted by Crippen LogP contribution is -2.26. The van der Waals surface area contributed by atoms with E-state index in [0.29, 0.717) is 22.9 Å². The van der Waals surface area contributed by atoms with Gasteiger partial charge in [-0.2, -0.15) is 9.97 Å². The van der Waals surface area contributed by atoms with Gasteiger partial charge in [-0.3, -0.25) is 9.13 Å². The maximum atomic E-state index is 10.9. The molecule has 1 saturated heterocycles. The molecule has 1 aliphatic heterocycles. The summed E-state index contributed by atoms with van der Waals surface area (Å²) >= 11 is 6.07. The van der Waals surface area contributed by atoms with E-state index in [4.69, 9.17) is 30.9 Å². The smallest absolute Gasteiger partial charge is 0.350 e. The minimum atomic E-state index is -4.27. The fourth-order valence-electron chi connectivity index (χ4n) is 3.11. The van der Waals surface area contributed by atoms with E-state index in [1.54, 1.807) is 10.9 Å². The second kappa shape index (κ2) is 7.83. The standard InChI is InChI=1S/C15H21ClN5O6P/c16-15-19-13(17-4-8-1-2-8)12-14(20-15)21(6-18-12)11-3-9(22)10(27-11)5-26-7-28(23,24)25/h6,8-11,22H,1-5,7H2,(H,17,19,20)(H2,23,24,25)/t9-,10+,11?/m0/s1. The Kier molecular flexibility index (Phi) is 5.58. The molecule has 11 nitrogen and oxygen atoms in total. The number of aromatic nitrogens is 4. The number of aliphatic hydroxyl groups excluding tert-OH is 1. The number of halogens is 1. The number of imidazole rings is 1. The Labute approximate surface area is 165 Å². The van der Waals surface area contributed by atoms with E-state index in [1.165, 1.54) is 12.8 Å². The van der Waals surface area contributed by atoms with Gasteiger partial charge in [-0.05, 0) is 30.4 Å². The molecule has 154 valence electrons. The van der Waals surface area contributed by atoms with Crippen molar-refractivity contribution in [3.8, 4) is 0 Å². The van der Waals surface area contributed by atoms with Crippen molar-refractivity contribution in [3.05, 3.63) is 11.6 Å². The van der Waals surface area contributed by atoms with Gasteiger partial charge in [-0.25, -0.2) is 4.98 Å². The zero-order valence-corrected chi connectivity index (χ0v) is 16.5. The van der Waals surface area contributed by atoms with Crippen LogP contribution in [-0.4, -0.2) is 66.1 Å². The zero-order valence-electron chi connectivity index (χ0n) is 14.8. The Morgan fingerprint density at radius 3 is 2.89 bits per heavy atom. The van der Waals surface area contributed by atoms with Crippen LogP contribution in [0.3, 0.4) is 0 Å². The second-order valence-electron chi connectivity index (χ2n) is 7.09. The number of rotatable bonds is 8. The number of aliphatic hydroxyl groups is 1. The number of nitrogens with zero attached hydrogens (tertiary/aromatic N) is 4. The van der Waals surface area contributed by atoms with E-state index < -0.39 is 32.4 Å². The first kappa shape index (κ1) is 20.0. The highest BCUT2D eigenvalue weighted by atomic mass is 35.5. The predicted octanol–water partition coefficient (Wildman–Crippen LogP) is 1.10. The molecule has 0 radical (unpaired) electrons. The minimum Gasteiger partial charge on any atom is -0.390 e. The number of hydrogen-bond acceptors (Lipinski definition) is 8. The molecular formula is C15H21ClN5O6P. The van der Waals surface area contributed by atoms with Gasteiger partial charge in [0, 0.05) is 13.0 Å². The number of anilines is 1. The lowest BCUT2D eigenvalue weighted by atomic mass is 10.2. The molecule has 0 amide bonds. The van der Waals surface area contributed by atoms with E-state index >= 15 is 0 Å². The molecule has 1 aliphatic carbocycles. The Balaban J connectivity index is 1.48. The lowest BCUT2D eigenvalue weighted by molar-refractivity contribution is -0.0564. The van der Waals surface area contributed by atoms with Gasteiger partial charge in [-0.15, -0.1) is 0 Å². The summed E-state index contributed by atoms with van der Waals surface area (Å²) in [5.41, 5.74) is 1.04. The van der Waals surface area contributed by atoms with Crippen LogP contribution in [0.5, 0.6) is 0 Å². The molecule has 3 heterocycles. The molecule has 2 fully saturated rings. The quantitative estimate of drug-likeness (QED) is 0.351. The van der Waals surface area contributed by atoms with Gasteiger partial charge in [0.05, 0.1) is 19.0 Å². The van der Waals surface area contributed by atoms with Crippen LogP contribution >= 0.6 is 19.2 Å². The van der Waals surface area contributed by atoms with Crippen molar-refractivity contribution in [3.63, 3.8) is 0 Å². The number of ether oxygens (including phenoxy) is 2. The molecule has 4 N–H and O–H groups in total. The van der Waals surface area contributed by atoms with Gasteiger partial charge in [0.25, 0.3) is 0 Å². The Bertz CT molecular complexity index is 902. The number of nitrogens with one attached hydrogen (secondary N) is 1. The first-order chi connectivity index (χ1) is 13.3. The minimum absolute atomic E-state index is 0.0765. The summed E-state index contributed by atoms with van der Waals surface area (Å²) in [6.07, 6.45) is 1.33. The Hall–Kier alpha value is -1.33. The molecule has 13 heteroatoms. The van der Waals surface area contributed by atoms with Gasteiger partial charge in [0.15, 0.2) is 17.0 Å². The highest BCUT2D eigenvalue weighted by Gasteiger charge is 2.36. The molecule has 2 aromatic heterocycles. The fourth-order valence-corrected chi connectivity index (χ4v) is 3.62. The SMILES string of the molecule is O=P(O)(O)COC[C@H]1OC(n2cnc3c(NCC4CC4)nc(Cl)nc32)C[C@@H]1O. The predicted molar refractivity (Wildman–Crippen MR) is 98.9 cm³/mol. The van der Waals surface area contributed by atoms with Crippen LogP contribution in [-0.2, 0) is 14.0 Å². The molecule has 28 heavy (non-hydrogen) atoms. The Morgan fingerprint density at radius 2 is 2.18 bits per heavy atom. The van der Waals surface area contributed by atoms with Crippen molar-refractivity contribution >= 4 is 36.2 Å². The molecule has 0 bridgehead atoms. The summed E-state index contributed by atoms with van der Waals surface area (Å²) in [6.45, 7) is 0.659. The van der Waals surface area contributed by atoms with Gasteiger partial charge in [0.2, 0.25) is 5.28 Å². The van der Waals surface area contributed by atoms with Crippen molar-refractivity contribution < 1.29 is 28.9 Å². The maximum absolute atomic E-state index is 10.9. The molecule has 0 aromatic carbocycles. The van der Waals surface area contributed by atoms with Gasteiger partial charge in [-0.1, -0.05) is 0 Å². The molecule has 3 atom stereocenters. The summed E-state index contributed by atoms with van der Waals surface area (Å²) < 4.78 is 23.3. The largest absolute Gasteiger partial charge is 0.390 e. The van der Waals surface area contributed by atoms with E-state index in [2.05, 4.69) is 20.3 Å². The third kappa shape index (κ3) is 4.62. The molecule has 2 aliphatic rings. The topological polar surface area (TPSA) is 152 Å². The van der Waals surface area contributed by atoms with Crippen molar-refractivity contribution in [1.29, 1.82) is 0 Å². The Morgan fingerprint density at radius 1 is 1.39 bits per heavy atom. The van der Waals surface area contributed by atoms with Crippen LogP contribution < -0.4 is 5.32 Å². The third-order valence-electron chi connectivity index (χ3n) is 4.71. The van der Waals surface area contributed by atoms with Crippen molar-refractivity contribution in [2.75, 3.05) is 24.8 Å². The van der Waals surface area contributed by atoms with E-state index in [9.17, 15) is 9.67 Å². The molecule has 0 spiro atoms. The summed E-state index contributed by atoms with van der Waals surface area (Å²) in [5.74, 6) is 1.20. The third-order valence-corrected chi connectivity index (χ3v) is 5.39. The van der Waals surface area contributed by atoms with Gasteiger partial charge >= 0.3 is 7.60 Å². The zero-order chi connectivity index (χ0) is 19.9. The van der Waals surface area contributed by atoms with Crippen molar-refractivity contribution in [2.45, 2.75) is 37.7 Å². The monoisotopic (exact) mass is 433 g/mol. The average molecular weight is 434 g/mol. The van der Waals surface area contributed by atoms with Crippen LogP contribution in [0.1, 0.15) is 25.5 Å². The normalized spacial score (nSPS) is 25.5. The van der Waals surface area contributed by atoms with E-state index in [1.807, 2.05) is 0 Å². The molecular weight excluding hydrogens is 413 g/mol.